The minimum atomic E-state index is -4.77. The van der Waals surface area contributed by atoms with E-state index in [1.165, 1.54) is 34.8 Å². The molecule has 0 amide bonds. The van der Waals surface area contributed by atoms with E-state index in [9.17, 15) is 26.7 Å². The van der Waals surface area contributed by atoms with Gasteiger partial charge < -0.3 is 10.0 Å². The van der Waals surface area contributed by atoms with Crippen LogP contribution >= 0.6 is 11.3 Å². The van der Waals surface area contributed by atoms with Gasteiger partial charge in [0.25, 0.3) is 10.0 Å². The Morgan fingerprint density at radius 3 is 2.19 bits per heavy atom. The third-order valence-electron chi connectivity index (χ3n) is 4.56. The van der Waals surface area contributed by atoms with Gasteiger partial charge in [0, 0.05) is 43.4 Å². The Balaban J connectivity index is 1.68. The molecule has 0 unspecified atom stereocenters. The number of hydrogen-bond donors (Lipinski definition) is 1. The first-order chi connectivity index (χ1) is 12.5. The number of anilines is 1. The monoisotopic (exact) mass is 421 g/mol. The SMILES string of the molecule is C[C@](O)(c1ccc(N2CCN(S(=O)(=O)c3nccs3)CC2)cc1)C(F)(F)F. The van der Waals surface area contributed by atoms with Gasteiger partial charge in [-0.15, -0.1) is 11.3 Å². The van der Waals surface area contributed by atoms with Gasteiger partial charge in [0.2, 0.25) is 4.34 Å². The van der Waals surface area contributed by atoms with Crippen molar-refractivity contribution in [3.05, 3.63) is 41.4 Å². The Morgan fingerprint density at radius 1 is 1.11 bits per heavy atom. The van der Waals surface area contributed by atoms with Crippen molar-refractivity contribution in [2.24, 2.45) is 0 Å². The van der Waals surface area contributed by atoms with E-state index in [4.69, 9.17) is 0 Å². The van der Waals surface area contributed by atoms with Gasteiger partial charge in [0.05, 0.1) is 0 Å². The molecule has 0 radical (unpaired) electrons. The van der Waals surface area contributed by atoms with Gasteiger partial charge in [-0.3, -0.25) is 0 Å². The van der Waals surface area contributed by atoms with E-state index in [1.807, 2.05) is 4.90 Å². The molecular weight excluding hydrogens is 403 g/mol. The van der Waals surface area contributed by atoms with Crippen LogP contribution in [0.2, 0.25) is 0 Å². The van der Waals surface area contributed by atoms with Crippen LogP contribution in [0.1, 0.15) is 12.5 Å². The van der Waals surface area contributed by atoms with Gasteiger partial charge in [0.15, 0.2) is 5.60 Å². The van der Waals surface area contributed by atoms with Crippen LogP contribution in [0, 0.1) is 0 Å². The molecule has 1 aromatic carbocycles. The lowest BCUT2D eigenvalue weighted by Gasteiger charge is -2.35. The standard InChI is InChI=1S/C16H18F3N3O3S2/c1-15(23,16(17,18)19)12-2-4-13(5-3-12)21-7-9-22(10-8-21)27(24,25)14-20-6-11-26-14/h2-6,11,23H,7-10H2,1H3/t15-/m0/s1. The van der Waals surface area contributed by atoms with Crippen molar-refractivity contribution in [3.63, 3.8) is 0 Å². The maximum Gasteiger partial charge on any atom is 0.421 e. The molecule has 1 atom stereocenters. The van der Waals surface area contributed by atoms with Crippen LogP contribution in [0.15, 0.2) is 40.2 Å². The lowest BCUT2D eigenvalue weighted by atomic mass is 9.95. The molecule has 0 saturated carbocycles. The highest BCUT2D eigenvalue weighted by Gasteiger charge is 2.51. The summed E-state index contributed by atoms with van der Waals surface area (Å²) in [6, 6.07) is 5.48. The number of aliphatic hydroxyl groups is 1. The number of nitrogens with zero attached hydrogens (tertiary/aromatic N) is 3. The summed E-state index contributed by atoms with van der Waals surface area (Å²) >= 11 is 1.06. The second-order valence-electron chi connectivity index (χ2n) is 6.31. The zero-order valence-corrected chi connectivity index (χ0v) is 16.0. The Labute approximate surface area is 158 Å². The van der Waals surface area contributed by atoms with Crippen LogP contribution in [0.3, 0.4) is 0 Å². The molecule has 0 bridgehead atoms. The topological polar surface area (TPSA) is 73.7 Å². The van der Waals surface area contributed by atoms with Crippen LogP contribution in [0.25, 0.3) is 0 Å². The van der Waals surface area contributed by atoms with Gasteiger partial charge in [-0.1, -0.05) is 12.1 Å². The summed E-state index contributed by atoms with van der Waals surface area (Å²) in [6.45, 7) is 2.03. The fourth-order valence-electron chi connectivity index (χ4n) is 2.80. The highest BCUT2D eigenvalue weighted by atomic mass is 32.2. The van der Waals surface area contributed by atoms with Crippen molar-refractivity contribution >= 4 is 27.0 Å². The van der Waals surface area contributed by atoms with Gasteiger partial charge in [0.1, 0.15) is 0 Å². The summed E-state index contributed by atoms with van der Waals surface area (Å²) in [6.07, 6.45) is -3.34. The summed E-state index contributed by atoms with van der Waals surface area (Å²) in [5.74, 6) is 0. The second kappa shape index (κ2) is 7.04. The number of piperazine rings is 1. The average molecular weight is 421 g/mol. The van der Waals surface area contributed by atoms with E-state index >= 15 is 0 Å². The predicted octanol–water partition coefficient (Wildman–Crippen LogP) is 2.42. The van der Waals surface area contributed by atoms with E-state index in [2.05, 4.69) is 4.98 Å². The fourth-order valence-corrected chi connectivity index (χ4v) is 5.18. The molecule has 1 fully saturated rings. The summed E-state index contributed by atoms with van der Waals surface area (Å²) in [7, 11) is -3.61. The third-order valence-corrected chi connectivity index (χ3v) is 7.63. The molecule has 3 rings (SSSR count). The fraction of sp³-hybridized carbons (Fsp3) is 0.438. The maximum absolute atomic E-state index is 12.9. The summed E-state index contributed by atoms with van der Waals surface area (Å²) in [5.41, 5.74) is -2.50. The van der Waals surface area contributed by atoms with Crippen LogP contribution in [0.4, 0.5) is 18.9 Å². The number of benzene rings is 1. The Hall–Kier alpha value is -1.69. The molecular formula is C16H18F3N3O3S2. The van der Waals surface area contributed by atoms with Gasteiger partial charge >= 0.3 is 6.18 Å². The molecule has 2 aromatic rings. The number of sulfonamides is 1. The molecule has 0 spiro atoms. The van der Waals surface area contributed by atoms with E-state index in [-0.39, 0.29) is 23.0 Å². The summed E-state index contributed by atoms with van der Waals surface area (Å²) in [4.78, 5) is 5.74. The number of halogens is 3. The third kappa shape index (κ3) is 3.82. The van der Waals surface area contributed by atoms with Crippen molar-refractivity contribution in [3.8, 4) is 0 Å². The van der Waals surface area contributed by atoms with Crippen LogP contribution in [0.5, 0.6) is 0 Å². The minimum Gasteiger partial charge on any atom is -0.376 e. The molecule has 1 aliphatic rings. The number of thiazole rings is 1. The van der Waals surface area contributed by atoms with Crippen molar-refractivity contribution < 1.29 is 26.7 Å². The largest absolute Gasteiger partial charge is 0.421 e. The molecule has 148 valence electrons. The average Bonchev–Trinajstić information content (AvgIpc) is 3.16. The van der Waals surface area contributed by atoms with Crippen molar-refractivity contribution in [1.29, 1.82) is 0 Å². The first-order valence-corrected chi connectivity index (χ1v) is 10.4. The summed E-state index contributed by atoms with van der Waals surface area (Å²) in [5, 5.41) is 11.3. The first kappa shape index (κ1) is 20.1. The second-order valence-corrected chi connectivity index (χ2v) is 9.31. The zero-order chi connectivity index (χ0) is 19.9. The van der Waals surface area contributed by atoms with Crippen LogP contribution < -0.4 is 4.90 Å². The van der Waals surface area contributed by atoms with Gasteiger partial charge in [-0.25, -0.2) is 13.4 Å². The number of hydrogen-bond acceptors (Lipinski definition) is 6. The van der Waals surface area contributed by atoms with E-state index in [1.54, 1.807) is 5.38 Å². The van der Waals surface area contributed by atoms with E-state index < -0.39 is 21.8 Å². The van der Waals surface area contributed by atoms with Gasteiger partial charge in [-0.2, -0.15) is 17.5 Å². The van der Waals surface area contributed by atoms with Crippen molar-refractivity contribution in [2.75, 3.05) is 31.1 Å². The molecule has 1 aromatic heterocycles. The first-order valence-electron chi connectivity index (χ1n) is 8.08. The van der Waals surface area contributed by atoms with Crippen LogP contribution in [-0.4, -0.2) is 55.2 Å². The molecule has 2 heterocycles. The van der Waals surface area contributed by atoms with Crippen molar-refractivity contribution in [1.82, 2.24) is 9.29 Å². The van der Waals surface area contributed by atoms with E-state index in [0.29, 0.717) is 25.7 Å². The molecule has 27 heavy (non-hydrogen) atoms. The normalized spacial score (nSPS) is 19.1. The smallest absolute Gasteiger partial charge is 0.376 e. The lowest BCUT2D eigenvalue weighted by Crippen LogP contribution is -2.48. The van der Waals surface area contributed by atoms with E-state index in [0.717, 1.165) is 11.3 Å². The molecule has 0 aliphatic carbocycles. The Kier molecular flexibility index (Phi) is 5.23. The maximum atomic E-state index is 12.9. The number of alkyl halides is 3. The highest BCUT2D eigenvalue weighted by Crippen LogP contribution is 2.39. The molecule has 1 aliphatic heterocycles. The van der Waals surface area contributed by atoms with Crippen LogP contribution in [-0.2, 0) is 15.6 Å². The minimum absolute atomic E-state index is 0.0506. The lowest BCUT2D eigenvalue weighted by molar-refractivity contribution is -0.258. The Morgan fingerprint density at radius 2 is 1.70 bits per heavy atom. The Bertz CT molecular complexity index is 874. The summed E-state index contributed by atoms with van der Waals surface area (Å²) < 4.78 is 65.1. The number of aromatic nitrogens is 1. The molecule has 1 N–H and O–H groups in total. The molecule has 6 nitrogen and oxygen atoms in total. The quantitative estimate of drug-likeness (QED) is 0.821. The molecule has 1 saturated heterocycles. The van der Waals surface area contributed by atoms with Crippen molar-refractivity contribution in [2.45, 2.75) is 23.0 Å². The highest BCUT2D eigenvalue weighted by molar-refractivity contribution is 7.91. The predicted molar refractivity (Wildman–Crippen MR) is 95.2 cm³/mol. The molecule has 11 heteroatoms. The number of rotatable bonds is 4. The van der Waals surface area contributed by atoms with Gasteiger partial charge in [-0.05, 0) is 24.6 Å². The zero-order valence-electron chi connectivity index (χ0n) is 14.3.